The van der Waals surface area contributed by atoms with Crippen LogP contribution in [0.15, 0.2) is 24.3 Å². The molecule has 0 unspecified atom stereocenters. The topological polar surface area (TPSA) is 88.9 Å². The van der Waals surface area contributed by atoms with Gasteiger partial charge in [0.25, 0.3) is 0 Å². The molecule has 2 N–H and O–H groups in total. The summed E-state index contributed by atoms with van der Waals surface area (Å²) in [6.07, 6.45) is 2.66. The first-order valence-corrected chi connectivity index (χ1v) is 8.75. The third-order valence-corrected chi connectivity index (χ3v) is 5.00. The number of anilines is 1. The summed E-state index contributed by atoms with van der Waals surface area (Å²) in [5, 5.41) is 14.4. The number of rotatable bonds is 3. The van der Waals surface area contributed by atoms with Crippen LogP contribution in [-0.2, 0) is 29.0 Å². The number of fused-ring (bicyclic) bond motifs is 2. The molecule has 2 aliphatic rings. The Morgan fingerprint density at radius 3 is 3.04 bits per heavy atom. The maximum Gasteiger partial charge on any atom is 0.228 e. The standard InChI is InChI=1S/C18H21N5O2/c1-2-15-21-22-16-8-7-11(10-23(15)16)19-18(25)13-9-17(24)20-14-6-4-3-5-12(13)14/h3-6,11,13H,2,7-10H2,1H3,(H,19,25)(H,20,24)/t11-,13+/m1/s1. The second-order valence-electron chi connectivity index (χ2n) is 6.63. The highest BCUT2D eigenvalue weighted by Gasteiger charge is 2.32. The van der Waals surface area contributed by atoms with E-state index in [0.29, 0.717) is 6.54 Å². The van der Waals surface area contributed by atoms with Crippen LogP contribution >= 0.6 is 0 Å². The van der Waals surface area contributed by atoms with Gasteiger partial charge in [-0.2, -0.15) is 0 Å². The Balaban J connectivity index is 1.51. The number of nitrogens with one attached hydrogen (secondary N) is 2. The number of benzene rings is 1. The summed E-state index contributed by atoms with van der Waals surface area (Å²) in [6.45, 7) is 2.74. The SMILES string of the molecule is CCc1nnc2n1C[C@H](NC(=O)[C@H]1CC(=O)Nc3ccccc31)CC2. The van der Waals surface area contributed by atoms with Crippen LogP contribution in [0.5, 0.6) is 0 Å². The predicted molar refractivity (Wildman–Crippen MR) is 92.1 cm³/mol. The molecule has 0 fully saturated rings. The molecule has 0 bridgehead atoms. The Morgan fingerprint density at radius 1 is 1.36 bits per heavy atom. The zero-order chi connectivity index (χ0) is 17.4. The maximum atomic E-state index is 12.8. The molecule has 2 aromatic rings. The molecule has 0 saturated heterocycles. The van der Waals surface area contributed by atoms with Crippen LogP contribution in [-0.4, -0.2) is 32.6 Å². The summed E-state index contributed by atoms with van der Waals surface area (Å²) in [5.74, 6) is 1.32. The van der Waals surface area contributed by atoms with Crippen LogP contribution in [0.1, 0.15) is 42.9 Å². The summed E-state index contributed by atoms with van der Waals surface area (Å²) < 4.78 is 2.11. The zero-order valence-corrected chi connectivity index (χ0v) is 14.2. The van der Waals surface area contributed by atoms with Crippen LogP contribution in [0.4, 0.5) is 5.69 Å². The summed E-state index contributed by atoms with van der Waals surface area (Å²) >= 11 is 0. The van der Waals surface area contributed by atoms with Gasteiger partial charge in [0.15, 0.2) is 0 Å². The lowest BCUT2D eigenvalue weighted by atomic mass is 9.89. The van der Waals surface area contributed by atoms with E-state index in [2.05, 4.69) is 32.3 Å². The summed E-state index contributed by atoms with van der Waals surface area (Å²) in [7, 11) is 0. The number of amides is 2. The molecule has 1 aromatic heterocycles. The molecule has 2 amide bonds. The van der Waals surface area contributed by atoms with Crippen molar-refractivity contribution in [2.45, 2.75) is 51.1 Å². The van der Waals surface area contributed by atoms with Gasteiger partial charge in [-0.15, -0.1) is 10.2 Å². The number of carbonyl (C=O) groups is 2. The Morgan fingerprint density at radius 2 is 2.20 bits per heavy atom. The molecule has 25 heavy (non-hydrogen) atoms. The molecule has 2 aliphatic heterocycles. The lowest BCUT2D eigenvalue weighted by Gasteiger charge is -2.29. The van der Waals surface area contributed by atoms with Gasteiger partial charge in [-0.3, -0.25) is 9.59 Å². The van der Waals surface area contributed by atoms with Crippen molar-refractivity contribution in [1.82, 2.24) is 20.1 Å². The van der Waals surface area contributed by atoms with Gasteiger partial charge in [-0.25, -0.2) is 0 Å². The third-order valence-electron chi connectivity index (χ3n) is 5.00. The van der Waals surface area contributed by atoms with E-state index in [-0.39, 0.29) is 24.3 Å². The van der Waals surface area contributed by atoms with Gasteiger partial charge in [0.1, 0.15) is 11.6 Å². The van der Waals surface area contributed by atoms with Gasteiger partial charge >= 0.3 is 0 Å². The van der Waals surface area contributed by atoms with Gasteiger partial charge in [0.05, 0.1) is 5.92 Å². The normalized spacial score (nSPS) is 21.9. The van der Waals surface area contributed by atoms with Gasteiger partial charge in [0, 0.05) is 37.5 Å². The Hall–Kier alpha value is -2.70. The minimum absolute atomic E-state index is 0.0402. The minimum Gasteiger partial charge on any atom is -0.351 e. The first kappa shape index (κ1) is 15.8. The first-order chi connectivity index (χ1) is 12.2. The number of hydrogen-bond acceptors (Lipinski definition) is 4. The summed E-state index contributed by atoms with van der Waals surface area (Å²) in [4.78, 5) is 24.8. The van der Waals surface area contributed by atoms with Gasteiger partial charge in [-0.1, -0.05) is 25.1 Å². The van der Waals surface area contributed by atoms with E-state index in [1.54, 1.807) is 0 Å². The number of para-hydroxylation sites is 1. The molecular formula is C18H21N5O2. The second kappa shape index (κ2) is 6.31. The average Bonchev–Trinajstić information content (AvgIpc) is 3.03. The average molecular weight is 339 g/mol. The van der Waals surface area contributed by atoms with Crippen molar-refractivity contribution in [2.24, 2.45) is 0 Å². The number of carbonyl (C=O) groups excluding carboxylic acids is 2. The van der Waals surface area contributed by atoms with Crippen molar-refractivity contribution in [1.29, 1.82) is 0 Å². The molecule has 0 spiro atoms. The highest BCUT2D eigenvalue weighted by Crippen LogP contribution is 2.32. The van der Waals surface area contributed by atoms with Crippen molar-refractivity contribution in [3.05, 3.63) is 41.5 Å². The molecule has 0 radical (unpaired) electrons. The first-order valence-electron chi connectivity index (χ1n) is 8.75. The Kier molecular flexibility index (Phi) is 3.99. The molecule has 4 rings (SSSR count). The molecular weight excluding hydrogens is 318 g/mol. The van der Waals surface area contributed by atoms with E-state index in [4.69, 9.17) is 0 Å². The molecule has 130 valence electrons. The van der Waals surface area contributed by atoms with E-state index in [9.17, 15) is 9.59 Å². The number of aryl methyl sites for hydroxylation is 2. The number of nitrogens with zero attached hydrogens (tertiary/aromatic N) is 3. The van der Waals surface area contributed by atoms with Crippen LogP contribution < -0.4 is 10.6 Å². The molecule has 2 atom stereocenters. The monoisotopic (exact) mass is 339 g/mol. The minimum atomic E-state index is -0.432. The van der Waals surface area contributed by atoms with Crippen molar-refractivity contribution in [2.75, 3.05) is 5.32 Å². The van der Waals surface area contributed by atoms with E-state index in [1.165, 1.54) is 0 Å². The van der Waals surface area contributed by atoms with Crippen LogP contribution in [0, 0.1) is 0 Å². The molecule has 3 heterocycles. The van der Waals surface area contributed by atoms with Gasteiger partial charge in [0.2, 0.25) is 11.8 Å². The molecule has 0 saturated carbocycles. The quantitative estimate of drug-likeness (QED) is 0.884. The zero-order valence-electron chi connectivity index (χ0n) is 14.2. The summed E-state index contributed by atoms with van der Waals surface area (Å²) in [5.41, 5.74) is 1.62. The predicted octanol–water partition coefficient (Wildman–Crippen LogP) is 1.40. The van der Waals surface area contributed by atoms with E-state index < -0.39 is 5.92 Å². The lowest BCUT2D eigenvalue weighted by Crippen LogP contribution is -2.44. The van der Waals surface area contributed by atoms with Crippen molar-refractivity contribution in [3.63, 3.8) is 0 Å². The lowest BCUT2D eigenvalue weighted by molar-refractivity contribution is -0.127. The smallest absolute Gasteiger partial charge is 0.228 e. The molecule has 7 heteroatoms. The third kappa shape index (κ3) is 2.90. The van der Waals surface area contributed by atoms with Gasteiger partial charge < -0.3 is 15.2 Å². The largest absolute Gasteiger partial charge is 0.351 e. The molecule has 7 nitrogen and oxygen atoms in total. The fraction of sp³-hybridized carbons (Fsp3) is 0.444. The highest BCUT2D eigenvalue weighted by atomic mass is 16.2. The Bertz CT molecular complexity index is 815. The fourth-order valence-electron chi connectivity index (χ4n) is 3.71. The fourth-order valence-corrected chi connectivity index (χ4v) is 3.71. The van der Waals surface area contributed by atoms with Crippen molar-refractivity contribution in [3.8, 4) is 0 Å². The van der Waals surface area contributed by atoms with Crippen LogP contribution in [0.25, 0.3) is 0 Å². The van der Waals surface area contributed by atoms with Crippen LogP contribution in [0.3, 0.4) is 0 Å². The molecule has 0 aliphatic carbocycles. The van der Waals surface area contributed by atoms with E-state index >= 15 is 0 Å². The van der Waals surface area contributed by atoms with Gasteiger partial charge in [-0.05, 0) is 18.1 Å². The maximum absolute atomic E-state index is 12.8. The highest BCUT2D eigenvalue weighted by molar-refractivity contribution is 6.01. The van der Waals surface area contributed by atoms with Crippen molar-refractivity contribution < 1.29 is 9.59 Å². The van der Waals surface area contributed by atoms with Crippen LogP contribution in [0.2, 0.25) is 0 Å². The summed E-state index contributed by atoms with van der Waals surface area (Å²) in [6, 6.07) is 7.55. The Labute approximate surface area is 145 Å². The number of hydrogen-bond donors (Lipinski definition) is 2. The second-order valence-corrected chi connectivity index (χ2v) is 6.63. The number of aromatic nitrogens is 3. The van der Waals surface area contributed by atoms with Crippen molar-refractivity contribution >= 4 is 17.5 Å². The van der Waals surface area contributed by atoms with E-state index in [1.807, 2.05) is 24.3 Å². The molecule has 1 aromatic carbocycles. The van der Waals surface area contributed by atoms with E-state index in [0.717, 1.165) is 42.2 Å².